The van der Waals surface area contributed by atoms with Gasteiger partial charge in [0.2, 0.25) is 0 Å². The number of nitrogens with one attached hydrogen (secondary N) is 1. The molecule has 0 aliphatic carbocycles. The van der Waals surface area contributed by atoms with E-state index in [2.05, 4.69) is 10.3 Å². The highest BCUT2D eigenvalue weighted by molar-refractivity contribution is 7.80. The summed E-state index contributed by atoms with van der Waals surface area (Å²) in [6, 6.07) is 9.33. The van der Waals surface area contributed by atoms with Crippen molar-refractivity contribution in [2.45, 2.75) is 25.4 Å². The second kappa shape index (κ2) is 7.00. The molecule has 24 heavy (non-hydrogen) atoms. The number of carbonyl (C=O) groups excluding carboxylic acids is 1. The number of nitrogens with zero attached hydrogens (tertiary/aromatic N) is 2. The van der Waals surface area contributed by atoms with Crippen LogP contribution in [0.2, 0.25) is 0 Å². The second-order valence-electron chi connectivity index (χ2n) is 5.59. The predicted octanol–water partition coefficient (Wildman–Crippen LogP) is 2.52. The number of thiocarbonyl (C=S) groups is 1. The largest absolute Gasteiger partial charge is 0.469 e. The molecule has 3 heterocycles. The lowest BCUT2D eigenvalue weighted by Crippen LogP contribution is -2.31. The smallest absolute Gasteiger partial charge is 0.307 e. The number of hydrogen-bond donors (Lipinski definition) is 1. The zero-order valence-electron chi connectivity index (χ0n) is 13.6. The standard InChI is InChI=1S/C17H19N3O3S/c1-11-6-7-13(23-11)16-15(12-5-3-4-9-18-12)19-17(24)20(16)10-8-14(21)22-2/h3-7,9,15-16H,8,10H2,1-2H3,(H,19,24)/t15-,16-/m0/s1. The average Bonchev–Trinajstić information content (AvgIpc) is 3.16. The Morgan fingerprint density at radius 3 is 2.88 bits per heavy atom. The zero-order chi connectivity index (χ0) is 17.1. The van der Waals surface area contributed by atoms with Crippen molar-refractivity contribution in [3.05, 3.63) is 53.7 Å². The fourth-order valence-electron chi connectivity index (χ4n) is 2.88. The molecular weight excluding hydrogens is 326 g/mol. The molecule has 7 heteroatoms. The Bertz CT molecular complexity index is 732. The number of carbonyl (C=O) groups is 1. The van der Waals surface area contributed by atoms with Gasteiger partial charge in [-0.3, -0.25) is 9.78 Å². The maximum atomic E-state index is 11.5. The van der Waals surface area contributed by atoms with Gasteiger partial charge >= 0.3 is 5.97 Å². The number of aryl methyl sites for hydroxylation is 1. The minimum atomic E-state index is -0.270. The maximum absolute atomic E-state index is 11.5. The van der Waals surface area contributed by atoms with Crippen LogP contribution in [-0.2, 0) is 9.53 Å². The molecule has 126 valence electrons. The van der Waals surface area contributed by atoms with E-state index in [1.54, 1.807) is 6.20 Å². The highest BCUT2D eigenvalue weighted by Gasteiger charge is 2.41. The van der Waals surface area contributed by atoms with Crippen molar-refractivity contribution in [2.24, 2.45) is 0 Å². The van der Waals surface area contributed by atoms with Crippen molar-refractivity contribution >= 4 is 23.3 Å². The number of hydrogen-bond acceptors (Lipinski definition) is 5. The topological polar surface area (TPSA) is 67.6 Å². The highest BCUT2D eigenvalue weighted by Crippen LogP contribution is 2.39. The molecule has 0 aromatic carbocycles. The molecule has 0 unspecified atom stereocenters. The minimum Gasteiger partial charge on any atom is -0.469 e. The van der Waals surface area contributed by atoms with E-state index in [-0.39, 0.29) is 24.5 Å². The molecule has 1 aliphatic rings. The van der Waals surface area contributed by atoms with Gasteiger partial charge in [-0.15, -0.1) is 0 Å². The van der Waals surface area contributed by atoms with Crippen molar-refractivity contribution in [2.75, 3.05) is 13.7 Å². The fraction of sp³-hybridized carbons (Fsp3) is 0.353. The third-order valence-electron chi connectivity index (χ3n) is 4.03. The molecule has 3 rings (SSSR count). The summed E-state index contributed by atoms with van der Waals surface area (Å²) in [6.45, 7) is 2.35. The van der Waals surface area contributed by atoms with Gasteiger partial charge in [-0.1, -0.05) is 6.07 Å². The van der Waals surface area contributed by atoms with Crippen LogP contribution in [0.3, 0.4) is 0 Å². The number of ether oxygens (including phenoxy) is 1. The molecule has 0 radical (unpaired) electrons. The van der Waals surface area contributed by atoms with Crippen LogP contribution in [0.25, 0.3) is 0 Å². The van der Waals surface area contributed by atoms with Crippen molar-refractivity contribution < 1.29 is 13.9 Å². The van der Waals surface area contributed by atoms with E-state index in [9.17, 15) is 4.79 Å². The van der Waals surface area contributed by atoms with Crippen molar-refractivity contribution in [1.29, 1.82) is 0 Å². The van der Waals surface area contributed by atoms with Gasteiger partial charge < -0.3 is 19.4 Å². The molecule has 0 amide bonds. The summed E-state index contributed by atoms with van der Waals surface area (Å²) in [5.74, 6) is 1.35. The molecule has 1 saturated heterocycles. The lowest BCUT2D eigenvalue weighted by Gasteiger charge is -2.25. The summed E-state index contributed by atoms with van der Waals surface area (Å²) in [5, 5.41) is 3.88. The number of pyridine rings is 1. The molecule has 0 bridgehead atoms. The molecule has 2 aromatic rings. The SMILES string of the molecule is COC(=O)CCN1C(=S)N[C@@H](c2ccccn2)[C@@H]1c1ccc(C)o1. The first-order valence-electron chi connectivity index (χ1n) is 7.71. The molecule has 1 N–H and O–H groups in total. The first kappa shape index (κ1) is 16.4. The first-order chi connectivity index (χ1) is 11.6. The molecule has 2 atom stereocenters. The Kier molecular flexibility index (Phi) is 4.80. The van der Waals surface area contributed by atoms with E-state index in [1.165, 1.54) is 7.11 Å². The van der Waals surface area contributed by atoms with Crippen LogP contribution in [0.4, 0.5) is 0 Å². The summed E-state index contributed by atoms with van der Waals surface area (Å²) in [5.41, 5.74) is 0.875. The van der Waals surface area contributed by atoms with Gasteiger partial charge in [-0.2, -0.15) is 0 Å². The van der Waals surface area contributed by atoms with Crippen LogP contribution >= 0.6 is 12.2 Å². The molecule has 2 aromatic heterocycles. The first-order valence-corrected chi connectivity index (χ1v) is 8.12. The van der Waals surface area contributed by atoms with Gasteiger partial charge in [-0.05, 0) is 43.4 Å². The van der Waals surface area contributed by atoms with E-state index >= 15 is 0 Å². The van der Waals surface area contributed by atoms with E-state index < -0.39 is 0 Å². The highest BCUT2D eigenvalue weighted by atomic mass is 32.1. The van der Waals surface area contributed by atoms with Crippen LogP contribution in [0.15, 0.2) is 40.9 Å². The van der Waals surface area contributed by atoms with Crippen LogP contribution in [0, 0.1) is 6.92 Å². The van der Waals surface area contributed by atoms with Crippen LogP contribution < -0.4 is 5.32 Å². The van der Waals surface area contributed by atoms with Crippen molar-refractivity contribution in [1.82, 2.24) is 15.2 Å². The number of rotatable bonds is 5. The minimum absolute atomic E-state index is 0.137. The lowest BCUT2D eigenvalue weighted by molar-refractivity contribution is -0.140. The molecular formula is C17H19N3O3S. The lowest BCUT2D eigenvalue weighted by atomic mass is 10.0. The second-order valence-corrected chi connectivity index (χ2v) is 5.98. The molecule has 0 saturated carbocycles. The predicted molar refractivity (Wildman–Crippen MR) is 92.2 cm³/mol. The van der Waals surface area contributed by atoms with Gasteiger partial charge in [0.25, 0.3) is 0 Å². The van der Waals surface area contributed by atoms with Gasteiger partial charge in [0.1, 0.15) is 17.6 Å². The van der Waals surface area contributed by atoms with Gasteiger partial charge in [-0.25, -0.2) is 0 Å². The molecule has 0 spiro atoms. The van der Waals surface area contributed by atoms with Crippen LogP contribution in [0.1, 0.15) is 35.7 Å². The number of methoxy groups -OCH3 is 1. The molecule has 1 fully saturated rings. The van der Waals surface area contributed by atoms with Crippen LogP contribution in [-0.4, -0.2) is 34.6 Å². The molecule has 6 nitrogen and oxygen atoms in total. The Hall–Kier alpha value is -2.41. The van der Waals surface area contributed by atoms with Gasteiger partial charge in [0.05, 0.1) is 25.3 Å². The summed E-state index contributed by atoms with van der Waals surface area (Å²) in [6.07, 6.45) is 2.01. The Balaban J connectivity index is 1.92. The van der Waals surface area contributed by atoms with E-state index in [0.29, 0.717) is 11.7 Å². The van der Waals surface area contributed by atoms with E-state index in [1.807, 2.05) is 42.2 Å². The average molecular weight is 345 g/mol. The van der Waals surface area contributed by atoms with Crippen molar-refractivity contribution in [3.63, 3.8) is 0 Å². The summed E-state index contributed by atoms with van der Waals surface area (Å²) in [7, 11) is 1.38. The normalized spacial score (nSPS) is 20.1. The van der Waals surface area contributed by atoms with Gasteiger partial charge in [0, 0.05) is 12.7 Å². The molecule has 1 aliphatic heterocycles. The fourth-order valence-corrected chi connectivity index (χ4v) is 3.21. The van der Waals surface area contributed by atoms with Crippen LogP contribution in [0.5, 0.6) is 0 Å². The number of esters is 1. The number of furan rings is 1. The summed E-state index contributed by atoms with van der Waals surface area (Å²) >= 11 is 5.48. The Morgan fingerprint density at radius 2 is 2.25 bits per heavy atom. The Morgan fingerprint density at radius 1 is 1.42 bits per heavy atom. The monoisotopic (exact) mass is 345 g/mol. The zero-order valence-corrected chi connectivity index (χ0v) is 14.4. The van der Waals surface area contributed by atoms with E-state index in [0.717, 1.165) is 17.2 Å². The number of aromatic nitrogens is 1. The Labute approximate surface area is 145 Å². The van der Waals surface area contributed by atoms with Crippen molar-refractivity contribution in [3.8, 4) is 0 Å². The summed E-state index contributed by atoms with van der Waals surface area (Å²) < 4.78 is 10.6. The third kappa shape index (κ3) is 3.26. The maximum Gasteiger partial charge on any atom is 0.307 e. The quantitative estimate of drug-likeness (QED) is 0.660. The summed E-state index contributed by atoms with van der Waals surface area (Å²) in [4.78, 5) is 17.9. The van der Waals surface area contributed by atoms with E-state index in [4.69, 9.17) is 21.4 Å². The van der Waals surface area contributed by atoms with Gasteiger partial charge in [0.15, 0.2) is 5.11 Å². The third-order valence-corrected chi connectivity index (χ3v) is 4.39.